The van der Waals surface area contributed by atoms with E-state index >= 15 is 0 Å². The number of para-hydroxylation sites is 2. The number of phenolic OH excluding ortho intramolecular Hbond substituents is 1. The van der Waals surface area contributed by atoms with E-state index in [0.29, 0.717) is 29.7 Å². The first-order valence-corrected chi connectivity index (χ1v) is 16.4. The minimum absolute atomic E-state index is 0.169. The van der Waals surface area contributed by atoms with Crippen LogP contribution in [0.15, 0.2) is 120 Å². The highest BCUT2D eigenvalue weighted by Crippen LogP contribution is 2.51. The summed E-state index contributed by atoms with van der Waals surface area (Å²) in [6.45, 7) is -0.258. The van der Waals surface area contributed by atoms with E-state index in [2.05, 4.69) is 5.32 Å². The Morgan fingerprint density at radius 3 is 2.23 bits per heavy atom. The first-order valence-electron chi connectivity index (χ1n) is 16.4. The predicted octanol–water partition coefficient (Wildman–Crippen LogP) is 6.45. The number of carbonyl (C=O) groups excluding carboxylic acids is 2. The van der Waals surface area contributed by atoms with Gasteiger partial charge in [-0.15, -0.1) is 0 Å². The van der Waals surface area contributed by atoms with Crippen molar-refractivity contribution in [3.05, 3.63) is 131 Å². The average molecular weight is 641 g/mol. The number of amides is 2. The summed E-state index contributed by atoms with van der Waals surface area (Å²) in [6, 6.07) is 34.0. The van der Waals surface area contributed by atoms with Gasteiger partial charge >= 0.3 is 7.12 Å². The molecular weight excluding hydrogens is 603 g/mol. The fourth-order valence-corrected chi connectivity index (χ4v) is 7.58. The number of benzene rings is 4. The molecule has 0 spiro atoms. The molecule has 2 amide bonds. The molecule has 0 radical (unpaired) electrons. The van der Waals surface area contributed by atoms with Gasteiger partial charge in [0.05, 0.1) is 30.2 Å². The van der Waals surface area contributed by atoms with Crippen molar-refractivity contribution >= 4 is 47.6 Å². The monoisotopic (exact) mass is 640 g/mol. The van der Waals surface area contributed by atoms with E-state index in [0.717, 1.165) is 28.1 Å². The minimum Gasteiger partial charge on any atom is -0.507 e. The lowest BCUT2D eigenvalue weighted by molar-refractivity contribution is -0.122. The molecule has 2 fully saturated rings. The Hall–Kier alpha value is -4.96. The molecule has 2 saturated heterocycles. The van der Waals surface area contributed by atoms with E-state index in [-0.39, 0.29) is 36.9 Å². The Labute approximate surface area is 280 Å². The molecule has 48 heavy (non-hydrogen) atoms. The number of hydrogen-bond donors (Lipinski definition) is 4. The van der Waals surface area contributed by atoms with Gasteiger partial charge in [0.2, 0.25) is 11.8 Å². The van der Waals surface area contributed by atoms with Gasteiger partial charge in [-0.05, 0) is 102 Å². The quantitative estimate of drug-likeness (QED) is 0.0719. The highest BCUT2D eigenvalue weighted by Gasteiger charge is 2.57. The molecule has 0 unspecified atom stereocenters. The molecule has 9 heteroatoms. The van der Waals surface area contributed by atoms with Crippen molar-refractivity contribution in [1.29, 1.82) is 0 Å². The highest BCUT2D eigenvalue weighted by molar-refractivity contribution is 6.43. The molecule has 8 nitrogen and oxygen atoms in total. The van der Waals surface area contributed by atoms with Crippen LogP contribution in [-0.4, -0.2) is 46.9 Å². The van der Waals surface area contributed by atoms with Crippen molar-refractivity contribution in [2.45, 2.75) is 31.7 Å². The fourth-order valence-electron chi connectivity index (χ4n) is 7.58. The molecule has 4 aromatic rings. The average Bonchev–Trinajstić information content (AvgIpc) is 3.36. The standard InChI is InChI=1S/C39H37BN2O6/c43-24-28-22-32-37(39(46)42(38(32)45)31-18-16-30(17-19-31)41-29-12-5-2-6-13-29)33-23-40(47)48-35(36(28)33)20-15-26(25-9-3-1-4-10-25)21-27-11-7-8-14-34(27)44/h1-14,16-19,21,32-33,35,37,41,43-44,47H,15,20,22-24H2/b26-21-/t32-,33+,35-,37-/m1/s1. The van der Waals surface area contributed by atoms with Gasteiger partial charge < -0.3 is 25.2 Å². The molecule has 2 aliphatic heterocycles. The van der Waals surface area contributed by atoms with Gasteiger partial charge in [-0.1, -0.05) is 66.7 Å². The SMILES string of the molecule is O=C1[C@@H]2[C@@H](CC(CO)=C3[C@@H](CC/C(=C/c4ccccc4O)c4ccccc4)OB(O)C[C@@H]32)C(=O)N1c1ccc(Nc2ccccc2)cc1. The van der Waals surface area contributed by atoms with Crippen LogP contribution in [0.3, 0.4) is 0 Å². The van der Waals surface area contributed by atoms with E-state index < -0.39 is 31.0 Å². The molecule has 2 heterocycles. The molecule has 0 bridgehead atoms. The number of phenols is 1. The van der Waals surface area contributed by atoms with Crippen molar-refractivity contribution < 1.29 is 29.5 Å². The zero-order chi connectivity index (χ0) is 33.2. The Kier molecular flexibility index (Phi) is 8.99. The van der Waals surface area contributed by atoms with Crippen molar-refractivity contribution in [3.8, 4) is 5.75 Å². The number of nitrogens with one attached hydrogen (secondary N) is 1. The molecule has 0 aromatic heterocycles. The largest absolute Gasteiger partial charge is 0.507 e. The van der Waals surface area contributed by atoms with Gasteiger partial charge in [0.15, 0.2) is 0 Å². The Morgan fingerprint density at radius 2 is 1.52 bits per heavy atom. The predicted molar refractivity (Wildman–Crippen MR) is 187 cm³/mol. The second-order valence-electron chi connectivity index (χ2n) is 12.7. The summed E-state index contributed by atoms with van der Waals surface area (Å²) in [5.41, 5.74) is 6.43. The lowest BCUT2D eigenvalue weighted by atomic mass is 9.58. The molecule has 1 aliphatic carbocycles. The zero-order valence-corrected chi connectivity index (χ0v) is 26.4. The molecule has 4 aromatic carbocycles. The Morgan fingerprint density at radius 1 is 0.854 bits per heavy atom. The summed E-state index contributed by atoms with van der Waals surface area (Å²) in [7, 11) is -1.12. The van der Waals surface area contributed by atoms with Gasteiger partial charge in [0.25, 0.3) is 0 Å². The molecular formula is C39H37BN2O6. The number of fused-ring (bicyclic) bond motifs is 3. The molecule has 4 atom stereocenters. The Bertz CT molecular complexity index is 1860. The number of nitrogens with zero attached hydrogens (tertiary/aromatic N) is 1. The maximum absolute atomic E-state index is 14.1. The summed E-state index contributed by atoms with van der Waals surface area (Å²) < 4.78 is 6.13. The molecule has 7 rings (SSSR count). The summed E-state index contributed by atoms with van der Waals surface area (Å²) in [5.74, 6) is -2.12. The van der Waals surface area contributed by atoms with Crippen LogP contribution < -0.4 is 10.2 Å². The maximum atomic E-state index is 14.1. The van der Waals surface area contributed by atoms with Crippen LogP contribution >= 0.6 is 0 Å². The van der Waals surface area contributed by atoms with Gasteiger partial charge in [-0.2, -0.15) is 0 Å². The third-order valence-corrected chi connectivity index (χ3v) is 9.77. The number of carbonyl (C=O) groups is 2. The van der Waals surface area contributed by atoms with Crippen molar-refractivity contribution in [1.82, 2.24) is 0 Å². The third-order valence-electron chi connectivity index (χ3n) is 9.77. The van der Waals surface area contributed by atoms with Crippen LogP contribution in [0, 0.1) is 17.8 Å². The van der Waals surface area contributed by atoms with E-state index in [9.17, 15) is 24.8 Å². The first-order chi connectivity index (χ1) is 23.4. The van der Waals surface area contributed by atoms with Gasteiger partial charge in [0, 0.05) is 16.9 Å². The number of rotatable bonds is 9. The molecule has 4 N–H and O–H groups in total. The van der Waals surface area contributed by atoms with E-state index in [1.165, 1.54) is 4.90 Å². The summed E-state index contributed by atoms with van der Waals surface area (Å²) >= 11 is 0. The topological polar surface area (TPSA) is 119 Å². The fraction of sp³-hybridized carbons (Fsp3) is 0.231. The van der Waals surface area contributed by atoms with Crippen LogP contribution in [-0.2, 0) is 14.2 Å². The number of aliphatic hydroxyl groups is 1. The lowest BCUT2D eigenvalue weighted by Gasteiger charge is -2.43. The van der Waals surface area contributed by atoms with Crippen LogP contribution in [0.1, 0.15) is 30.4 Å². The lowest BCUT2D eigenvalue weighted by Crippen LogP contribution is -2.46. The van der Waals surface area contributed by atoms with Crippen molar-refractivity contribution in [2.75, 3.05) is 16.8 Å². The van der Waals surface area contributed by atoms with E-state index in [1.54, 1.807) is 24.3 Å². The number of aliphatic hydroxyl groups excluding tert-OH is 1. The third kappa shape index (κ3) is 6.20. The summed E-state index contributed by atoms with van der Waals surface area (Å²) in [4.78, 5) is 29.3. The smallest absolute Gasteiger partial charge is 0.455 e. The first kappa shape index (κ1) is 31.6. The van der Waals surface area contributed by atoms with Crippen LogP contribution in [0.25, 0.3) is 11.6 Å². The highest BCUT2D eigenvalue weighted by atomic mass is 16.5. The second-order valence-corrected chi connectivity index (χ2v) is 12.7. The number of anilines is 3. The van der Waals surface area contributed by atoms with Crippen LogP contribution in [0.4, 0.5) is 17.1 Å². The number of imide groups is 1. The number of hydrogen-bond acceptors (Lipinski definition) is 7. The second kappa shape index (κ2) is 13.6. The van der Waals surface area contributed by atoms with Gasteiger partial charge in [-0.25, -0.2) is 0 Å². The number of allylic oxidation sites excluding steroid dienone is 1. The summed E-state index contributed by atoms with van der Waals surface area (Å²) in [6.07, 6.45) is 2.84. The van der Waals surface area contributed by atoms with E-state index in [1.807, 2.05) is 91.0 Å². The molecule has 242 valence electrons. The van der Waals surface area contributed by atoms with Crippen LogP contribution in [0.2, 0.25) is 6.32 Å². The minimum atomic E-state index is -1.12. The Balaban J connectivity index is 1.15. The van der Waals surface area contributed by atoms with Crippen LogP contribution in [0.5, 0.6) is 5.75 Å². The van der Waals surface area contributed by atoms with Crippen molar-refractivity contribution in [2.24, 2.45) is 17.8 Å². The summed E-state index contributed by atoms with van der Waals surface area (Å²) in [5, 5.41) is 35.3. The van der Waals surface area contributed by atoms with Gasteiger partial charge in [0.1, 0.15) is 5.75 Å². The molecule has 3 aliphatic rings. The van der Waals surface area contributed by atoms with Crippen molar-refractivity contribution in [3.63, 3.8) is 0 Å². The van der Waals surface area contributed by atoms with Gasteiger partial charge in [-0.3, -0.25) is 14.5 Å². The van der Waals surface area contributed by atoms with E-state index in [4.69, 9.17) is 4.65 Å². The molecule has 0 saturated carbocycles. The number of aromatic hydroxyl groups is 1. The zero-order valence-electron chi connectivity index (χ0n) is 26.4. The normalized spacial score (nSPS) is 22.5. The maximum Gasteiger partial charge on any atom is 0.455 e.